The fourth-order valence-electron chi connectivity index (χ4n) is 3.76. The van der Waals surface area contributed by atoms with Crippen LogP contribution in [0, 0.1) is 11.8 Å². The third-order valence-corrected chi connectivity index (χ3v) is 5.19. The van der Waals surface area contributed by atoms with Crippen LogP contribution in [0.5, 0.6) is 0 Å². The van der Waals surface area contributed by atoms with Crippen molar-refractivity contribution < 1.29 is 19.5 Å². The molecule has 0 bridgehead atoms. The number of hydrogen-bond acceptors (Lipinski definition) is 4. The lowest BCUT2D eigenvalue weighted by Gasteiger charge is -2.31. The highest BCUT2D eigenvalue weighted by Crippen LogP contribution is 2.30. The Kier molecular flexibility index (Phi) is 5.36. The number of amides is 2. The Morgan fingerprint density at radius 1 is 1.08 bits per heavy atom. The second-order valence-corrected chi connectivity index (χ2v) is 6.85. The van der Waals surface area contributed by atoms with Crippen molar-refractivity contribution in [3.63, 3.8) is 0 Å². The van der Waals surface area contributed by atoms with E-state index in [0.29, 0.717) is 25.8 Å². The Balaban J connectivity index is 1.56. The molecule has 2 atom stereocenters. The molecule has 1 N–H and O–H groups in total. The lowest BCUT2D eigenvalue weighted by atomic mass is 9.78. The number of carboxylic acid groups (broad SMARTS) is 1. The van der Waals surface area contributed by atoms with Gasteiger partial charge in [0.2, 0.25) is 11.8 Å². The predicted octanol–water partition coefficient (Wildman–Crippen LogP) is 0.986. The van der Waals surface area contributed by atoms with Gasteiger partial charge in [-0.25, -0.2) is 0 Å². The SMILES string of the molecule is O=C([O-])[C@H]1CCCC[C@H]1C(=O)NCc1ccc(N2CCCC2=O)cc1. The van der Waals surface area contributed by atoms with Crippen molar-refractivity contribution in [1.82, 2.24) is 5.32 Å². The number of nitrogens with one attached hydrogen (secondary N) is 1. The molecule has 3 rings (SSSR count). The van der Waals surface area contributed by atoms with E-state index in [2.05, 4.69) is 5.32 Å². The Bertz CT molecular complexity index is 656. The molecule has 25 heavy (non-hydrogen) atoms. The van der Waals surface area contributed by atoms with Gasteiger partial charge >= 0.3 is 0 Å². The van der Waals surface area contributed by atoms with E-state index in [4.69, 9.17) is 0 Å². The fraction of sp³-hybridized carbons (Fsp3) is 0.526. The molecule has 0 aromatic heterocycles. The van der Waals surface area contributed by atoms with Gasteiger partial charge in [-0.05, 0) is 37.0 Å². The molecule has 0 unspecified atom stereocenters. The van der Waals surface area contributed by atoms with Crippen LogP contribution in [0.15, 0.2) is 24.3 Å². The normalized spacial score (nSPS) is 23.5. The molecule has 1 aromatic rings. The molecule has 1 aliphatic carbocycles. The highest BCUT2D eigenvalue weighted by atomic mass is 16.4. The molecule has 1 heterocycles. The van der Waals surface area contributed by atoms with Crippen molar-refractivity contribution in [2.75, 3.05) is 11.4 Å². The molecule has 0 radical (unpaired) electrons. The van der Waals surface area contributed by atoms with Gasteiger partial charge in [0.05, 0.1) is 0 Å². The molecule has 2 fully saturated rings. The molecule has 0 spiro atoms. The van der Waals surface area contributed by atoms with E-state index < -0.39 is 17.8 Å². The summed E-state index contributed by atoms with van der Waals surface area (Å²) in [6, 6.07) is 7.54. The van der Waals surface area contributed by atoms with Gasteiger partial charge in [-0.2, -0.15) is 0 Å². The van der Waals surface area contributed by atoms with E-state index in [0.717, 1.165) is 37.1 Å². The van der Waals surface area contributed by atoms with Crippen molar-refractivity contribution in [3.8, 4) is 0 Å². The molecule has 1 aliphatic heterocycles. The van der Waals surface area contributed by atoms with Crippen molar-refractivity contribution >= 4 is 23.5 Å². The number of benzene rings is 1. The number of carbonyl (C=O) groups is 3. The molecule has 1 saturated heterocycles. The lowest BCUT2D eigenvalue weighted by Crippen LogP contribution is -2.44. The standard InChI is InChI=1S/C19H24N2O4/c22-17-6-3-11-21(17)14-9-7-13(8-10-14)12-20-18(23)15-4-1-2-5-16(15)19(24)25/h7-10,15-16H,1-6,11-12H2,(H,20,23)(H,24,25)/p-1/t15-,16+/m1/s1. The number of carboxylic acids is 1. The summed E-state index contributed by atoms with van der Waals surface area (Å²) in [6.07, 6.45) is 4.30. The molecule has 1 aromatic carbocycles. The molecule has 2 amide bonds. The van der Waals surface area contributed by atoms with E-state index in [9.17, 15) is 19.5 Å². The summed E-state index contributed by atoms with van der Waals surface area (Å²) in [6.45, 7) is 1.10. The van der Waals surface area contributed by atoms with Crippen molar-refractivity contribution in [2.45, 2.75) is 45.1 Å². The first kappa shape index (κ1) is 17.5. The van der Waals surface area contributed by atoms with Crippen molar-refractivity contribution in [3.05, 3.63) is 29.8 Å². The summed E-state index contributed by atoms with van der Waals surface area (Å²) in [5.41, 5.74) is 1.80. The predicted molar refractivity (Wildman–Crippen MR) is 90.3 cm³/mol. The van der Waals surface area contributed by atoms with Gasteiger partial charge in [-0.3, -0.25) is 9.59 Å². The number of aliphatic carboxylic acids is 1. The molecule has 6 nitrogen and oxygen atoms in total. The van der Waals surface area contributed by atoms with Crippen LogP contribution in [0.25, 0.3) is 0 Å². The largest absolute Gasteiger partial charge is 0.550 e. The smallest absolute Gasteiger partial charge is 0.227 e. The zero-order valence-corrected chi connectivity index (χ0v) is 14.2. The van der Waals surface area contributed by atoms with Crippen LogP contribution in [-0.4, -0.2) is 24.3 Å². The maximum absolute atomic E-state index is 12.4. The average molecular weight is 343 g/mol. The van der Waals surface area contributed by atoms with Gasteiger partial charge in [-0.1, -0.05) is 25.0 Å². The number of rotatable bonds is 5. The quantitative estimate of drug-likeness (QED) is 0.863. The van der Waals surface area contributed by atoms with Crippen LogP contribution < -0.4 is 15.3 Å². The van der Waals surface area contributed by atoms with Gasteiger partial charge in [0.25, 0.3) is 0 Å². The van der Waals surface area contributed by atoms with Gasteiger partial charge in [-0.15, -0.1) is 0 Å². The second kappa shape index (κ2) is 7.68. The van der Waals surface area contributed by atoms with Crippen LogP contribution in [0.2, 0.25) is 0 Å². The minimum Gasteiger partial charge on any atom is -0.550 e. The molecule has 2 aliphatic rings. The number of carbonyl (C=O) groups excluding carboxylic acids is 3. The Morgan fingerprint density at radius 2 is 1.76 bits per heavy atom. The Labute approximate surface area is 147 Å². The zero-order valence-electron chi connectivity index (χ0n) is 14.2. The maximum atomic E-state index is 12.4. The molecular weight excluding hydrogens is 320 g/mol. The van der Waals surface area contributed by atoms with Crippen molar-refractivity contribution in [1.29, 1.82) is 0 Å². The van der Waals surface area contributed by atoms with E-state index in [1.54, 1.807) is 4.90 Å². The highest BCUT2D eigenvalue weighted by Gasteiger charge is 2.31. The summed E-state index contributed by atoms with van der Waals surface area (Å²) in [4.78, 5) is 37.1. The van der Waals surface area contributed by atoms with Crippen molar-refractivity contribution in [2.24, 2.45) is 11.8 Å². The topological polar surface area (TPSA) is 89.5 Å². The van der Waals surface area contributed by atoms with E-state index >= 15 is 0 Å². The van der Waals surface area contributed by atoms with Crippen LogP contribution >= 0.6 is 0 Å². The summed E-state index contributed by atoms with van der Waals surface area (Å²) < 4.78 is 0. The molecule has 134 valence electrons. The molecule has 6 heteroatoms. The maximum Gasteiger partial charge on any atom is 0.227 e. The summed E-state index contributed by atoms with van der Waals surface area (Å²) in [7, 11) is 0. The first-order chi connectivity index (χ1) is 12.1. The first-order valence-electron chi connectivity index (χ1n) is 8.94. The lowest BCUT2D eigenvalue weighted by molar-refractivity contribution is -0.314. The minimum atomic E-state index is -1.13. The number of nitrogens with zero attached hydrogens (tertiary/aromatic N) is 1. The van der Waals surface area contributed by atoms with E-state index in [1.807, 2.05) is 24.3 Å². The number of hydrogen-bond donors (Lipinski definition) is 1. The third kappa shape index (κ3) is 4.00. The van der Waals surface area contributed by atoms with Gasteiger partial charge < -0.3 is 20.1 Å². The van der Waals surface area contributed by atoms with E-state index in [-0.39, 0.29) is 11.8 Å². The second-order valence-electron chi connectivity index (χ2n) is 6.85. The molecular formula is C19H23N2O4-. The van der Waals surface area contributed by atoms with Gasteiger partial charge in [0.1, 0.15) is 0 Å². The Morgan fingerprint density at radius 3 is 2.36 bits per heavy atom. The van der Waals surface area contributed by atoms with Gasteiger partial charge in [0.15, 0.2) is 0 Å². The average Bonchev–Trinajstić information content (AvgIpc) is 3.06. The van der Waals surface area contributed by atoms with Crippen LogP contribution in [0.1, 0.15) is 44.1 Å². The summed E-state index contributed by atoms with van der Waals surface area (Å²) in [5.74, 6) is -2.38. The minimum absolute atomic E-state index is 0.145. The van der Waals surface area contributed by atoms with Crippen LogP contribution in [0.4, 0.5) is 5.69 Å². The van der Waals surface area contributed by atoms with Crippen LogP contribution in [0.3, 0.4) is 0 Å². The number of anilines is 1. The summed E-state index contributed by atoms with van der Waals surface area (Å²) >= 11 is 0. The first-order valence-corrected chi connectivity index (χ1v) is 8.94. The zero-order chi connectivity index (χ0) is 17.8. The summed E-state index contributed by atoms with van der Waals surface area (Å²) in [5, 5.41) is 14.1. The molecule has 1 saturated carbocycles. The highest BCUT2D eigenvalue weighted by molar-refractivity contribution is 5.95. The van der Waals surface area contributed by atoms with E-state index in [1.165, 1.54) is 0 Å². The van der Waals surface area contributed by atoms with Crippen LogP contribution in [-0.2, 0) is 20.9 Å². The van der Waals surface area contributed by atoms with Gasteiger partial charge in [0, 0.05) is 43.0 Å². The fourth-order valence-corrected chi connectivity index (χ4v) is 3.76. The monoisotopic (exact) mass is 343 g/mol. The third-order valence-electron chi connectivity index (χ3n) is 5.19. The Hall–Kier alpha value is -2.37.